The van der Waals surface area contributed by atoms with Crippen molar-refractivity contribution < 1.29 is 38.1 Å². The second kappa shape index (κ2) is 11.6. The van der Waals surface area contributed by atoms with Crippen LogP contribution in [0.2, 0.25) is 18.1 Å². The minimum Gasteiger partial charge on any atom is -0.497 e. The molecule has 2 amide bonds. The van der Waals surface area contributed by atoms with Crippen LogP contribution < -0.4 is 14.4 Å². The number of nitrogens with zero attached hydrogens (tertiary/aromatic N) is 2. The second-order valence-electron chi connectivity index (χ2n) is 12.4. The van der Waals surface area contributed by atoms with Gasteiger partial charge in [-0.2, -0.15) is 0 Å². The van der Waals surface area contributed by atoms with E-state index in [1.54, 1.807) is 19.2 Å². The number of fused-ring (bicyclic) bond motifs is 1. The number of carbonyl (C=O) groups is 2. The molecule has 0 bridgehead atoms. The van der Waals surface area contributed by atoms with Crippen LogP contribution in [0.4, 0.5) is 14.9 Å². The molecule has 1 saturated heterocycles. The topological polar surface area (TPSA) is 109 Å². The van der Waals surface area contributed by atoms with Crippen LogP contribution in [0, 0.1) is 5.82 Å². The molecule has 2 atom stereocenters. The number of hydrogen-bond acceptors (Lipinski definition) is 6. The number of carbonyl (C=O) groups excluding carboxylic acids is 1. The van der Waals surface area contributed by atoms with Gasteiger partial charge in [0.1, 0.15) is 29.5 Å². The number of rotatable bonds is 8. The molecule has 2 aliphatic heterocycles. The normalized spacial score (nSPS) is 21.5. The fraction of sp³-hybridized carbons (Fsp3) is 0.533. The average molecular weight is 589 g/mol. The molecule has 0 spiro atoms. The quantitative estimate of drug-likeness (QED) is 0.408. The summed E-state index contributed by atoms with van der Waals surface area (Å²) < 4.78 is 33.2. The second-order valence-corrected chi connectivity index (χ2v) is 17.2. The van der Waals surface area contributed by atoms with Crippen molar-refractivity contribution >= 4 is 26.0 Å². The van der Waals surface area contributed by atoms with Crippen molar-refractivity contribution in [3.05, 3.63) is 53.3 Å². The molecule has 0 aliphatic carbocycles. The molecule has 2 heterocycles. The van der Waals surface area contributed by atoms with E-state index in [4.69, 9.17) is 13.9 Å². The Morgan fingerprint density at radius 2 is 1.83 bits per heavy atom. The summed E-state index contributed by atoms with van der Waals surface area (Å²) in [6.45, 7) is 10.5. The molecule has 4 rings (SSSR count). The first kappa shape index (κ1) is 30.8. The Hall–Kier alpha value is -3.15. The molecular formula is C30H41FN2O7Si. The SMILES string of the molecule is COc1ccc(CN2C(=O)CCc3c(OC[C@@]4(O)CCN(C(=O)O)C[C@@H]4O[Si](C)(C)C(C)(C)C)ccc(F)c32)cc1. The molecule has 0 unspecified atom stereocenters. The molecule has 224 valence electrons. The fourth-order valence-electron chi connectivity index (χ4n) is 5.00. The summed E-state index contributed by atoms with van der Waals surface area (Å²) >= 11 is 0. The van der Waals surface area contributed by atoms with E-state index in [2.05, 4.69) is 33.9 Å². The van der Waals surface area contributed by atoms with Gasteiger partial charge in [0.2, 0.25) is 5.91 Å². The van der Waals surface area contributed by atoms with E-state index >= 15 is 4.39 Å². The van der Waals surface area contributed by atoms with Crippen LogP contribution in [-0.4, -0.2) is 73.9 Å². The third kappa shape index (κ3) is 6.52. The Balaban J connectivity index is 1.59. The molecule has 0 saturated carbocycles. The number of aliphatic hydroxyl groups is 1. The average Bonchev–Trinajstić information content (AvgIpc) is 2.90. The van der Waals surface area contributed by atoms with E-state index in [1.165, 1.54) is 21.9 Å². The maximum absolute atomic E-state index is 15.2. The summed E-state index contributed by atoms with van der Waals surface area (Å²) in [5.41, 5.74) is 0.0986. The third-order valence-corrected chi connectivity index (χ3v) is 13.1. The number of halogens is 1. The summed E-state index contributed by atoms with van der Waals surface area (Å²) in [7, 11) is -0.808. The van der Waals surface area contributed by atoms with Crippen molar-refractivity contribution in [3.8, 4) is 11.5 Å². The van der Waals surface area contributed by atoms with Gasteiger partial charge in [-0.15, -0.1) is 0 Å². The van der Waals surface area contributed by atoms with Crippen LogP contribution in [-0.2, 0) is 22.2 Å². The first-order chi connectivity index (χ1) is 19.1. The number of ether oxygens (including phenoxy) is 2. The highest BCUT2D eigenvalue weighted by Gasteiger charge is 2.49. The zero-order valence-corrected chi connectivity index (χ0v) is 25.7. The molecule has 9 nitrogen and oxygen atoms in total. The number of benzene rings is 2. The van der Waals surface area contributed by atoms with E-state index in [9.17, 15) is 19.8 Å². The molecule has 0 radical (unpaired) electrons. The Morgan fingerprint density at radius 3 is 2.44 bits per heavy atom. The van der Waals surface area contributed by atoms with Gasteiger partial charge in [0.15, 0.2) is 8.32 Å². The van der Waals surface area contributed by atoms with Crippen LogP contribution in [0.5, 0.6) is 11.5 Å². The van der Waals surface area contributed by atoms with E-state index in [0.717, 1.165) is 5.56 Å². The maximum atomic E-state index is 15.2. The van der Waals surface area contributed by atoms with E-state index < -0.39 is 31.9 Å². The van der Waals surface area contributed by atoms with Crippen LogP contribution in [0.25, 0.3) is 0 Å². The summed E-state index contributed by atoms with van der Waals surface area (Å²) in [6.07, 6.45) is -1.24. The zero-order chi connectivity index (χ0) is 30.2. The van der Waals surface area contributed by atoms with Gasteiger partial charge in [-0.3, -0.25) is 4.79 Å². The van der Waals surface area contributed by atoms with Gasteiger partial charge in [0.05, 0.1) is 32.0 Å². The van der Waals surface area contributed by atoms with Crippen molar-refractivity contribution in [2.75, 3.05) is 31.7 Å². The van der Waals surface area contributed by atoms with Crippen molar-refractivity contribution in [3.63, 3.8) is 0 Å². The fourth-order valence-corrected chi connectivity index (χ4v) is 6.36. The minimum absolute atomic E-state index is 0.0212. The van der Waals surface area contributed by atoms with Gasteiger partial charge in [0, 0.05) is 18.5 Å². The maximum Gasteiger partial charge on any atom is 0.407 e. The number of piperidine rings is 1. The number of anilines is 1. The summed E-state index contributed by atoms with van der Waals surface area (Å²) in [6, 6.07) is 10.0. The van der Waals surface area contributed by atoms with Crippen LogP contribution in [0.1, 0.15) is 44.7 Å². The highest BCUT2D eigenvalue weighted by atomic mass is 28.4. The van der Waals surface area contributed by atoms with Crippen molar-refractivity contribution in [2.45, 2.75) is 76.4 Å². The van der Waals surface area contributed by atoms with E-state index in [-0.39, 0.29) is 55.7 Å². The molecule has 0 aromatic heterocycles. The Labute approximate surface area is 241 Å². The number of carboxylic acid groups (broad SMARTS) is 1. The molecule has 2 N–H and O–H groups in total. The van der Waals surface area contributed by atoms with Crippen LogP contribution >= 0.6 is 0 Å². The van der Waals surface area contributed by atoms with Gasteiger partial charge in [0.25, 0.3) is 0 Å². The first-order valence-electron chi connectivity index (χ1n) is 13.9. The van der Waals surface area contributed by atoms with Gasteiger partial charge >= 0.3 is 6.09 Å². The summed E-state index contributed by atoms with van der Waals surface area (Å²) in [5.74, 6) is 0.353. The van der Waals surface area contributed by atoms with Gasteiger partial charge in [-0.05, 0) is 60.8 Å². The zero-order valence-electron chi connectivity index (χ0n) is 24.7. The molecule has 11 heteroatoms. The largest absolute Gasteiger partial charge is 0.497 e. The Kier molecular flexibility index (Phi) is 8.72. The minimum atomic E-state index is -2.38. The van der Waals surface area contributed by atoms with Gasteiger partial charge in [-0.1, -0.05) is 32.9 Å². The predicted octanol–water partition coefficient (Wildman–Crippen LogP) is 5.20. The first-order valence-corrected chi connectivity index (χ1v) is 16.8. The number of methoxy groups -OCH3 is 1. The van der Waals surface area contributed by atoms with Crippen LogP contribution in [0.3, 0.4) is 0 Å². The Morgan fingerprint density at radius 1 is 1.15 bits per heavy atom. The highest BCUT2D eigenvalue weighted by molar-refractivity contribution is 6.74. The monoisotopic (exact) mass is 588 g/mol. The molecule has 2 aliphatic rings. The van der Waals surface area contributed by atoms with Crippen molar-refractivity contribution in [1.82, 2.24) is 4.90 Å². The third-order valence-electron chi connectivity index (χ3n) is 8.64. The lowest BCUT2D eigenvalue weighted by atomic mass is 9.89. The molecule has 2 aromatic rings. The summed E-state index contributed by atoms with van der Waals surface area (Å²) in [4.78, 5) is 27.4. The lowest BCUT2D eigenvalue weighted by Crippen LogP contribution is -2.63. The summed E-state index contributed by atoms with van der Waals surface area (Å²) in [5, 5.41) is 21.3. The van der Waals surface area contributed by atoms with Gasteiger partial charge < -0.3 is 33.9 Å². The molecule has 1 fully saturated rings. The number of likely N-dealkylation sites (tertiary alicyclic amines) is 1. The van der Waals surface area contributed by atoms with Crippen LogP contribution in [0.15, 0.2) is 36.4 Å². The lowest BCUT2D eigenvalue weighted by molar-refractivity contribution is -0.126. The predicted molar refractivity (Wildman–Crippen MR) is 156 cm³/mol. The molecular weight excluding hydrogens is 547 g/mol. The highest BCUT2D eigenvalue weighted by Crippen LogP contribution is 2.41. The Bertz CT molecular complexity index is 1280. The van der Waals surface area contributed by atoms with Gasteiger partial charge in [-0.25, -0.2) is 9.18 Å². The van der Waals surface area contributed by atoms with Crippen molar-refractivity contribution in [2.24, 2.45) is 0 Å². The standard InChI is InChI=1S/C30H41FN2O7Si/c1-29(2,3)41(5,6)40-25-18-32(28(35)36)16-15-30(25,37)19-39-24-13-12-23(31)27-22(24)11-14-26(34)33(27)17-20-7-9-21(38-4)10-8-20/h7-10,12-13,25,37H,11,14-19H2,1-6H3,(H,35,36)/t25-,30-/m0/s1. The van der Waals surface area contributed by atoms with E-state index in [0.29, 0.717) is 23.5 Å². The smallest absolute Gasteiger partial charge is 0.407 e. The number of amides is 2. The number of hydrogen-bond donors (Lipinski definition) is 2. The lowest BCUT2D eigenvalue weighted by Gasteiger charge is -2.48. The van der Waals surface area contributed by atoms with Crippen molar-refractivity contribution in [1.29, 1.82) is 0 Å². The molecule has 2 aromatic carbocycles. The molecule has 41 heavy (non-hydrogen) atoms. The van der Waals surface area contributed by atoms with E-state index in [1.807, 2.05) is 12.1 Å².